The number of unbranched alkanes of at least 4 members (excludes halogenated alkanes) is 6. The average Bonchev–Trinajstić information content (AvgIpc) is 2.96. The lowest BCUT2D eigenvalue weighted by Gasteiger charge is -2.12. The maximum atomic E-state index is 11.2. The first-order valence-electron chi connectivity index (χ1n) is 14.3. The largest absolute Gasteiger partial charge is 0.478 e. The van der Waals surface area contributed by atoms with Gasteiger partial charge in [0.1, 0.15) is 0 Å². The Morgan fingerprint density at radius 2 is 0.925 bits per heavy atom. The highest BCUT2D eigenvalue weighted by molar-refractivity contribution is 5.88. The molecule has 0 aliphatic heterocycles. The molecule has 206 valence electrons. The van der Waals surface area contributed by atoms with E-state index in [-0.39, 0.29) is 11.1 Å². The minimum absolute atomic E-state index is 0.247. The SMILES string of the molecule is CCCCCCc1cc(C#Cc2ccc(C(=O)O)cc2)c(CCCCCC)cc1C#Cc1ccc(C(=O)O)cc1. The van der Waals surface area contributed by atoms with Crippen LogP contribution >= 0.6 is 0 Å². The minimum atomic E-state index is -0.948. The van der Waals surface area contributed by atoms with Crippen LogP contribution in [0.3, 0.4) is 0 Å². The van der Waals surface area contributed by atoms with Gasteiger partial charge in [0.05, 0.1) is 11.1 Å². The fourth-order valence-corrected chi connectivity index (χ4v) is 4.49. The summed E-state index contributed by atoms with van der Waals surface area (Å²) in [5.41, 5.74) is 6.40. The number of carboxylic acids is 2. The Bertz CT molecular complexity index is 1300. The van der Waals surface area contributed by atoms with Crippen LogP contribution in [-0.4, -0.2) is 22.2 Å². The third kappa shape index (κ3) is 9.48. The molecule has 0 saturated carbocycles. The third-order valence-corrected chi connectivity index (χ3v) is 6.88. The number of carboxylic acid groups (broad SMARTS) is 2. The predicted octanol–water partition coefficient (Wildman–Crippen LogP) is 8.13. The molecule has 0 aliphatic rings. The highest BCUT2D eigenvalue weighted by Crippen LogP contribution is 2.22. The molecule has 0 spiro atoms. The Morgan fingerprint density at radius 3 is 1.25 bits per heavy atom. The van der Waals surface area contributed by atoms with Gasteiger partial charge < -0.3 is 10.2 Å². The van der Waals surface area contributed by atoms with E-state index in [0.29, 0.717) is 0 Å². The molecule has 2 N–H and O–H groups in total. The molecule has 0 bridgehead atoms. The second kappa shape index (κ2) is 16.0. The van der Waals surface area contributed by atoms with Crippen molar-refractivity contribution >= 4 is 11.9 Å². The molecule has 0 fully saturated rings. The first kappa shape index (κ1) is 30.3. The van der Waals surface area contributed by atoms with E-state index in [2.05, 4.69) is 49.7 Å². The fourth-order valence-electron chi connectivity index (χ4n) is 4.49. The van der Waals surface area contributed by atoms with Crippen molar-refractivity contribution < 1.29 is 19.8 Å². The average molecular weight is 535 g/mol. The normalized spacial score (nSPS) is 10.2. The highest BCUT2D eigenvalue weighted by Gasteiger charge is 2.09. The Labute approximate surface area is 238 Å². The van der Waals surface area contributed by atoms with E-state index in [9.17, 15) is 19.8 Å². The summed E-state index contributed by atoms with van der Waals surface area (Å²) in [5.74, 6) is 11.3. The Kier molecular flexibility index (Phi) is 12.1. The number of aryl methyl sites for hydroxylation is 2. The lowest BCUT2D eigenvalue weighted by molar-refractivity contribution is 0.0686. The standard InChI is InChI=1S/C36H38O4/c1-3-5-7-9-11-31-25-34(24-18-28-15-21-30(22-16-28)36(39)40)32(12-10-8-6-4-2)26-33(31)23-17-27-13-19-29(20-14-27)35(37)38/h13-16,19-22,25-26H,3-12H2,1-2H3,(H,37,38)(H,39,40). The Morgan fingerprint density at radius 1 is 0.550 bits per heavy atom. The van der Waals surface area contributed by atoms with Crippen LogP contribution in [0.1, 0.15) is 119 Å². The minimum Gasteiger partial charge on any atom is -0.478 e. The molecule has 0 saturated heterocycles. The van der Waals surface area contributed by atoms with Crippen molar-refractivity contribution in [3.63, 3.8) is 0 Å². The molecule has 3 aromatic carbocycles. The maximum absolute atomic E-state index is 11.2. The van der Waals surface area contributed by atoms with E-state index in [0.717, 1.165) is 60.8 Å². The first-order valence-corrected chi connectivity index (χ1v) is 14.3. The lowest BCUT2D eigenvalue weighted by Crippen LogP contribution is -1.99. The van der Waals surface area contributed by atoms with Gasteiger partial charge >= 0.3 is 11.9 Å². The number of hydrogen-bond donors (Lipinski definition) is 2. The molecule has 0 aromatic heterocycles. The third-order valence-electron chi connectivity index (χ3n) is 6.88. The molecule has 4 nitrogen and oxygen atoms in total. The van der Waals surface area contributed by atoms with Crippen molar-refractivity contribution in [2.75, 3.05) is 0 Å². The lowest BCUT2D eigenvalue weighted by atomic mass is 9.92. The summed E-state index contributed by atoms with van der Waals surface area (Å²) in [7, 11) is 0. The van der Waals surface area contributed by atoms with Gasteiger partial charge in [-0.15, -0.1) is 0 Å². The van der Waals surface area contributed by atoms with Gasteiger partial charge in [-0.1, -0.05) is 76.1 Å². The van der Waals surface area contributed by atoms with Crippen LogP contribution in [0, 0.1) is 23.7 Å². The molecule has 4 heteroatoms. The van der Waals surface area contributed by atoms with Crippen molar-refractivity contribution in [3.8, 4) is 23.7 Å². The first-order chi connectivity index (χ1) is 19.4. The molecule has 0 heterocycles. The van der Waals surface area contributed by atoms with Crippen molar-refractivity contribution in [1.29, 1.82) is 0 Å². The molecule has 40 heavy (non-hydrogen) atoms. The van der Waals surface area contributed by atoms with Gasteiger partial charge in [0.15, 0.2) is 0 Å². The predicted molar refractivity (Wildman–Crippen MR) is 161 cm³/mol. The van der Waals surface area contributed by atoms with E-state index in [1.807, 2.05) is 0 Å². The van der Waals surface area contributed by atoms with E-state index in [1.54, 1.807) is 48.5 Å². The second-order valence-electron chi connectivity index (χ2n) is 10.1. The molecule has 3 rings (SSSR count). The number of aromatic carboxylic acids is 2. The van der Waals surface area contributed by atoms with Crippen LogP contribution in [0.2, 0.25) is 0 Å². The van der Waals surface area contributed by atoms with Crippen LogP contribution < -0.4 is 0 Å². The maximum Gasteiger partial charge on any atom is 0.335 e. The van der Waals surface area contributed by atoms with Gasteiger partial charge in [-0.05, 0) is 97.5 Å². The smallest absolute Gasteiger partial charge is 0.335 e. The van der Waals surface area contributed by atoms with Gasteiger partial charge in [-0.3, -0.25) is 0 Å². The van der Waals surface area contributed by atoms with Crippen LogP contribution in [0.25, 0.3) is 0 Å². The van der Waals surface area contributed by atoms with Crippen molar-refractivity contribution in [1.82, 2.24) is 0 Å². The Hall–Kier alpha value is -4.28. The van der Waals surface area contributed by atoms with Crippen LogP contribution in [0.15, 0.2) is 60.7 Å². The molecular weight excluding hydrogens is 496 g/mol. The molecule has 0 amide bonds. The van der Waals surface area contributed by atoms with Crippen molar-refractivity contribution in [2.24, 2.45) is 0 Å². The number of benzene rings is 3. The van der Waals surface area contributed by atoms with E-state index in [1.165, 1.54) is 36.8 Å². The molecule has 0 radical (unpaired) electrons. The zero-order valence-corrected chi connectivity index (χ0v) is 23.6. The molecule has 3 aromatic rings. The van der Waals surface area contributed by atoms with Gasteiger partial charge in [0, 0.05) is 22.3 Å². The van der Waals surface area contributed by atoms with Crippen LogP contribution in [-0.2, 0) is 12.8 Å². The van der Waals surface area contributed by atoms with Crippen molar-refractivity contribution in [2.45, 2.75) is 78.1 Å². The summed E-state index contributed by atoms with van der Waals surface area (Å²) >= 11 is 0. The van der Waals surface area contributed by atoms with E-state index >= 15 is 0 Å². The zero-order chi connectivity index (χ0) is 28.7. The van der Waals surface area contributed by atoms with Crippen LogP contribution in [0.4, 0.5) is 0 Å². The summed E-state index contributed by atoms with van der Waals surface area (Å²) in [6.45, 7) is 4.41. The van der Waals surface area contributed by atoms with Crippen molar-refractivity contribution in [3.05, 3.63) is 105 Å². The van der Waals surface area contributed by atoms with E-state index < -0.39 is 11.9 Å². The van der Waals surface area contributed by atoms with Crippen LogP contribution in [0.5, 0.6) is 0 Å². The summed E-state index contributed by atoms with van der Waals surface area (Å²) in [5, 5.41) is 18.4. The number of carbonyl (C=O) groups is 2. The second-order valence-corrected chi connectivity index (χ2v) is 10.1. The molecule has 0 aliphatic carbocycles. The van der Waals surface area contributed by atoms with Gasteiger partial charge in [-0.25, -0.2) is 9.59 Å². The van der Waals surface area contributed by atoms with E-state index in [4.69, 9.17) is 0 Å². The molecular formula is C36H38O4. The zero-order valence-electron chi connectivity index (χ0n) is 23.6. The highest BCUT2D eigenvalue weighted by atomic mass is 16.4. The summed E-state index contributed by atoms with van der Waals surface area (Å²) < 4.78 is 0. The monoisotopic (exact) mass is 534 g/mol. The molecule has 0 unspecified atom stereocenters. The van der Waals surface area contributed by atoms with Gasteiger partial charge in [0.25, 0.3) is 0 Å². The number of rotatable bonds is 12. The number of hydrogen-bond acceptors (Lipinski definition) is 2. The van der Waals surface area contributed by atoms with Gasteiger partial charge in [-0.2, -0.15) is 0 Å². The quantitative estimate of drug-likeness (QED) is 0.182. The summed E-state index contributed by atoms with van der Waals surface area (Å²) in [6, 6.07) is 17.7. The summed E-state index contributed by atoms with van der Waals surface area (Å²) in [6.07, 6.45) is 11.1. The summed E-state index contributed by atoms with van der Waals surface area (Å²) in [4.78, 5) is 22.4. The van der Waals surface area contributed by atoms with Gasteiger partial charge in [0.2, 0.25) is 0 Å². The molecule has 0 atom stereocenters. The fraction of sp³-hybridized carbons (Fsp3) is 0.333. The topological polar surface area (TPSA) is 74.6 Å². The Balaban J connectivity index is 2.00.